The van der Waals surface area contributed by atoms with Gasteiger partial charge < -0.3 is 5.32 Å². The van der Waals surface area contributed by atoms with E-state index in [1.807, 2.05) is 12.3 Å². The molecule has 114 valence electrons. The summed E-state index contributed by atoms with van der Waals surface area (Å²) in [5.41, 5.74) is 2.35. The van der Waals surface area contributed by atoms with Gasteiger partial charge >= 0.3 is 0 Å². The van der Waals surface area contributed by atoms with Gasteiger partial charge in [-0.2, -0.15) is 0 Å². The highest BCUT2D eigenvalue weighted by atomic mass is 35.5. The van der Waals surface area contributed by atoms with Crippen LogP contribution in [0.1, 0.15) is 24.9 Å². The second kappa shape index (κ2) is 9.59. The Morgan fingerprint density at radius 2 is 2.10 bits per heavy atom. The number of nitrogens with zero attached hydrogens (tertiary/aromatic N) is 2. The lowest BCUT2D eigenvalue weighted by Crippen LogP contribution is -2.45. The summed E-state index contributed by atoms with van der Waals surface area (Å²) in [5.74, 6) is 0. The van der Waals surface area contributed by atoms with E-state index >= 15 is 0 Å². The van der Waals surface area contributed by atoms with E-state index in [1.54, 1.807) is 6.20 Å². The summed E-state index contributed by atoms with van der Waals surface area (Å²) < 4.78 is 0. The first-order chi connectivity index (χ1) is 8.68. The van der Waals surface area contributed by atoms with Crippen molar-refractivity contribution < 1.29 is 0 Å². The van der Waals surface area contributed by atoms with Gasteiger partial charge in [-0.3, -0.25) is 9.88 Å². The smallest absolute Gasteiger partial charge is 0.0637 e. The normalized spacial score (nSPS) is 16.7. The minimum absolute atomic E-state index is 0. The van der Waals surface area contributed by atoms with Crippen molar-refractivity contribution in [2.75, 3.05) is 26.2 Å². The van der Waals surface area contributed by atoms with Crippen LogP contribution in [0.4, 0.5) is 0 Å². The average molecular weight is 339 g/mol. The van der Waals surface area contributed by atoms with E-state index in [-0.39, 0.29) is 24.8 Å². The van der Waals surface area contributed by atoms with Gasteiger partial charge in [0.05, 0.1) is 5.02 Å². The van der Waals surface area contributed by atoms with E-state index in [9.17, 15) is 0 Å². The van der Waals surface area contributed by atoms with Gasteiger partial charge in [-0.05, 0) is 25.0 Å². The Labute approximate surface area is 138 Å². The molecule has 0 unspecified atom stereocenters. The maximum Gasteiger partial charge on any atom is 0.0637 e. The van der Waals surface area contributed by atoms with Crippen LogP contribution in [0.2, 0.25) is 5.02 Å². The summed E-state index contributed by atoms with van der Waals surface area (Å²) in [6.07, 6.45) is 4.49. The summed E-state index contributed by atoms with van der Waals surface area (Å²) in [6, 6.07) is 2.35. The van der Waals surface area contributed by atoms with Crippen molar-refractivity contribution in [1.82, 2.24) is 15.2 Å². The fraction of sp³-hybridized carbons (Fsp3) is 0.500. The van der Waals surface area contributed by atoms with Crippen molar-refractivity contribution in [3.05, 3.63) is 41.2 Å². The van der Waals surface area contributed by atoms with Gasteiger partial charge in [0.2, 0.25) is 0 Å². The lowest BCUT2D eigenvalue weighted by molar-refractivity contribution is 0.172. The molecule has 0 radical (unpaired) electrons. The Kier molecular flexibility index (Phi) is 9.43. The minimum Gasteiger partial charge on any atom is -0.314 e. The number of pyridine rings is 1. The molecule has 1 aliphatic heterocycles. The Morgan fingerprint density at radius 3 is 2.65 bits per heavy atom. The molecule has 2 rings (SSSR count). The molecule has 1 atom stereocenters. The predicted octanol–water partition coefficient (Wildman–Crippen LogP) is 3.49. The molecule has 1 aromatic heterocycles. The van der Waals surface area contributed by atoms with Crippen molar-refractivity contribution in [3.63, 3.8) is 0 Å². The zero-order chi connectivity index (χ0) is 13.0. The molecule has 1 aromatic rings. The summed E-state index contributed by atoms with van der Waals surface area (Å²) in [4.78, 5) is 6.54. The summed E-state index contributed by atoms with van der Waals surface area (Å²) >= 11 is 6.29. The van der Waals surface area contributed by atoms with Gasteiger partial charge in [0, 0.05) is 44.6 Å². The van der Waals surface area contributed by atoms with Crippen molar-refractivity contribution in [1.29, 1.82) is 0 Å². The number of rotatable bonds is 4. The molecule has 2 heterocycles. The van der Waals surface area contributed by atoms with Gasteiger partial charge in [0.1, 0.15) is 0 Å². The number of aromatic nitrogens is 1. The second-order valence-corrected chi connectivity index (χ2v) is 5.27. The molecule has 3 nitrogen and oxygen atoms in total. The standard InChI is InChI=1S/C14H20ClN3.2ClH/c1-11(2)9-14(18-7-5-16-6-8-18)12-3-4-17-10-13(12)15;;/h3-4,10,14,16H,1,5-9H2,2H3;2*1H/t14-;;/m0../s1. The van der Waals surface area contributed by atoms with Crippen LogP contribution in [-0.4, -0.2) is 36.1 Å². The highest BCUT2D eigenvalue weighted by molar-refractivity contribution is 6.31. The van der Waals surface area contributed by atoms with Crippen LogP contribution in [0.25, 0.3) is 0 Å². The molecule has 1 saturated heterocycles. The first-order valence-electron chi connectivity index (χ1n) is 6.37. The van der Waals surface area contributed by atoms with E-state index in [1.165, 1.54) is 5.57 Å². The second-order valence-electron chi connectivity index (χ2n) is 4.86. The molecule has 0 spiro atoms. The number of hydrogen-bond donors (Lipinski definition) is 1. The lowest BCUT2D eigenvalue weighted by Gasteiger charge is -2.35. The fourth-order valence-corrected chi connectivity index (χ4v) is 2.66. The van der Waals surface area contributed by atoms with Crippen molar-refractivity contribution in [2.24, 2.45) is 0 Å². The maximum atomic E-state index is 6.29. The highest BCUT2D eigenvalue weighted by Crippen LogP contribution is 2.31. The summed E-state index contributed by atoms with van der Waals surface area (Å²) in [5, 5.41) is 4.13. The zero-order valence-electron chi connectivity index (χ0n) is 11.6. The Morgan fingerprint density at radius 1 is 1.45 bits per heavy atom. The molecule has 1 N–H and O–H groups in total. The van der Waals surface area contributed by atoms with Crippen LogP contribution < -0.4 is 5.32 Å². The van der Waals surface area contributed by atoms with Crippen molar-refractivity contribution in [2.45, 2.75) is 19.4 Å². The first kappa shape index (κ1) is 19.7. The van der Waals surface area contributed by atoms with Crippen LogP contribution in [-0.2, 0) is 0 Å². The van der Waals surface area contributed by atoms with Crippen molar-refractivity contribution >= 4 is 36.4 Å². The lowest BCUT2D eigenvalue weighted by atomic mass is 9.99. The van der Waals surface area contributed by atoms with Gasteiger partial charge in [0.15, 0.2) is 0 Å². The monoisotopic (exact) mass is 337 g/mol. The minimum atomic E-state index is 0. The number of nitrogens with one attached hydrogen (secondary N) is 1. The summed E-state index contributed by atoms with van der Waals surface area (Å²) in [6.45, 7) is 10.3. The average Bonchev–Trinajstić information content (AvgIpc) is 2.38. The van der Waals surface area contributed by atoms with E-state index in [0.717, 1.165) is 43.2 Å². The van der Waals surface area contributed by atoms with Gasteiger partial charge in [-0.15, -0.1) is 31.4 Å². The Hall–Kier alpha value is -0.320. The van der Waals surface area contributed by atoms with Gasteiger partial charge in [-0.25, -0.2) is 0 Å². The third kappa shape index (κ3) is 5.23. The van der Waals surface area contributed by atoms with E-state index in [2.05, 4.69) is 28.7 Å². The summed E-state index contributed by atoms with van der Waals surface area (Å²) in [7, 11) is 0. The van der Waals surface area contributed by atoms with Crippen molar-refractivity contribution in [3.8, 4) is 0 Å². The Balaban J connectivity index is 0.00000180. The van der Waals surface area contributed by atoms with Crippen LogP contribution in [0, 0.1) is 0 Å². The number of hydrogen-bond acceptors (Lipinski definition) is 3. The predicted molar refractivity (Wildman–Crippen MR) is 90.4 cm³/mol. The molecule has 1 fully saturated rings. The molecular formula is C14H22Cl3N3. The molecule has 0 aliphatic carbocycles. The molecule has 6 heteroatoms. The van der Waals surface area contributed by atoms with Gasteiger partial charge in [0.25, 0.3) is 0 Å². The molecule has 20 heavy (non-hydrogen) atoms. The van der Waals surface area contributed by atoms with E-state index < -0.39 is 0 Å². The van der Waals surface area contributed by atoms with Crippen LogP contribution >= 0.6 is 36.4 Å². The first-order valence-corrected chi connectivity index (χ1v) is 6.75. The van der Waals surface area contributed by atoms with E-state index in [0.29, 0.717) is 6.04 Å². The van der Waals surface area contributed by atoms with Gasteiger partial charge in [-0.1, -0.05) is 17.2 Å². The molecular weight excluding hydrogens is 317 g/mol. The zero-order valence-corrected chi connectivity index (χ0v) is 14.0. The fourth-order valence-electron chi connectivity index (χ4n) is 2.42. The molecule has 1 aliphatic rings. The van der Waals surface area contributed by atoms with Crippen LogP contribution in [0.3, 0.4) is 0 Å². The Bertz CT molecular complexity index is 420. The molecule has 0 aromatic carbocycles. The van der Waals surface area contributed by atoms with E-state index in [4.69, 9.17) is 11.6 Å². The maximum absolute atomic E-state index is 6.29. The number of halogens is 3. The largest absolute Gasteiger partial charge is 0.314 e. The molecule has 0 saturated carbocycles. The highest BCUT2D eigenvalue weighted by Gasteiger charge is 2.23. The third-order valence-electron chi connectivity index (χ3n) is 3.30. The van der Waals surface area contributed by atoms with Crippen LogP contribution in [0.15, 0.2) is 30.6 Å². The topological polar surface area (TPSA) is 28.2 Å². The SMILES string of the molecule is C=C(C)C[C@@H](c1ccncc1Cl)N1CCNCC1.Cl.Cl. The number of piperazine rings is 1. The molecule has 0 amide bonds. The van der Waals surface area contributed by atoms with Crippen LogP contribution in [0.5, 0.6) is 0 Å². The molecule has 0 bridgehead atoms. The third-order valence-corrected chi connectivity index (χ3v) is 3.61. The quantitative estimate of drug-likeness (QED) is 0.852.